The van der Waals surface area contributed by atoms with Crippen molar-refractivity contribution in [3.8, 4) is 0 Å². The van der Waals surface area contributed by atoms with Crippen LogP contribution in [0.3, 0.4) is 0 Å². The Labute approximate surface area is 81.1 Å². The van der Waals surface area contributed by atoms with E-state index < -0.39 is 0 Å². The van der Waals surface area contributed by atoms with Crippen LogP contribution < -0.4 is 0 Å². The van der Waals surface area contributed by atoms with E-state index >= 15 is 0 Å². The fourth-order valence-electron chi connectivity index (χ4n) is 1.29. The predicted octanol–water partition coefficient (Wildman–Crippen LogP) is 1.67. The van der Waals surface area contributed by atoms with Crippen molar-refractivity contribution in [2.24, 2.45) is 0 Å². The monoisotopic (exact) mass is 187 g/mol. The van der Waals surface area contributed by atoms with Crippen LogP contribution in [0.2, 0.25) is 0 Å². The van der Waals surface area contributed by atoms with Crippen LogP contribution in [0.1, 0.15) is 34.6 Å². The van der Waals surface area contributed by atoms with E-state index in [1.165, 1.54) is 0 Å². The number of hydrogen-bond donors (Lipinski definition) is 0. The van der Waals surface area contributed by atoms with Gasteiger partial charge < -0.3 is 9.64 Å². The average molecular weight is 187 g/mol. The molecule has 1 aliphatic heterocycles. The van der Waals surface area contributed by atoms with Gasteiger partial charge in [0.25, 0.3) is 0 Å². The fraction of sp³-hybridized carbons (Fsp3) is 0.900. The molecule has 3 nitrogen and oxygen atoms in total. The first kappa shape index (κ1) is 12.4. The lowest BCUT2D eigenvalue weighted by molar-refractivity contribution is -0.143. The van der Waals surface area contributed by atoms with E-state index in [2.05, 4.69) is 0 Å². The summed E-state index contributed by atoms with van der Waals surface area (Å²) in [6.45, 7) is 11.7. The highest BCUT2D eigenvalue weighted by Gasteiger charge is 2.28. The Morgan fingerprint density at radius 1 is 1.38 bits per heavy atom. The maximum atomic E-state index is 11.0. The minimum Gasteiger partial charge on any atom is -0.372 e. The van der Waals surface area contributed by atoms with Gasteiger partial charge in [-0.25, -0.2) is 0 Å². The second-order valence-electron chi connectivity index (χ2n) is 3.55. The van der Waals surface area contributed by atoms with Crippen molar-refractivity contribution in [2.45, 2.75) is 40.2 Å². The van der Waals surface area contributed by atoms with Crippen LogP contribution in [0.5, 0.6) is 0 Å². The summed E-state index contributed by atoms with van der Waals surface area (Å²) in [7, 11) is 0. The van der Waals surface area contributed by atoms with Gasteiger partial charge in [0.05, 0.1) is 12.2 Å². The molecular formula is C10H21NO2. The van der Waals surface area contributed by atoms with E-state index in [1.54, 1.807) is 6.92 Å². The van der Waals surface area contributed by atoms with Crippen molar-refractivity contribution >= 4 is 5.91 Å². The summed E-state index contributed by atoms with van der Waals surface area (Å²) in [5.41, 5.74) is -0.163. The van der Waals surface area contributed by atoms with Gasteiger partial charge in [-0.15, -0.1) is 0 Å². The molecule has 0 unspecified atom stereocenters. The molecule has 1 heterocycles. The molecule has 1 rings (SSSR count). The summed E-state index contributed by atoms with van der Waals surface area (Å²) in [4.78, 5) is 12.8. The summed E-state index contributed by atoms with van der Waals surface area (Å²) in [6, 6.07) is 0. The Morgan fingerprint density at radius 3 is 2.23 bits per heavy atom. The Bertz CT molecular complexity index is 166. The molecule has 0 bridgehead atoms. The molecule has 0 radical (unpaired) electrons. The van der Waals surface area contributed by atoms with Crippen LogP contribution >= 0.6 is 0 Å². The zero-order valence-corrected chi connectivity index (χ0v) is 9.39. The Balaban J connectivity index is 0.000000671. The van der Waals surface area contributed by atoms with Gasteiger partial charge in [-0.1, -0.05) is 13.8 Å². The van der Waals surface area contributed by atoms with E-state index in [-0.39, 0.29) is 11.5 Å². The zero-order valence-electron chi connectivity index (χ0n) is 9.39. The van der Waals surface area contributed by atoms with E-state index in [9.17, 15) is 4.79 Å². The standard InChI is InChI=1S/C8H15NO2.C2H6/c1-7(10)9-4-5-11-8(2,3)6-9;1-2/h4-6H2,1-3H3;1-2H3. The van der Waals surface area contributed by atoms with Crippen molar-refractivity contribution in [3.05, 3.63) is 0 Å². The molecule has 0 aromatic carbocycles. The highest BCUT2D eigenvalue weighted by atomic mass is 16.5. The van der Waals surface area contributed by atoms with Gasteiger partial charge in [-0.3, -0.25) is 4.79 Å². The number of nitrogens with zero attached hydrogens (tertiary/aromatic N) is 1. The molecule has 3 heteroatoms. The van der Waals surface area contributed by atoms with Crippen LogP contribution in [0.25, 0.3) is 0 Å². The summed E-state index contributed by atoms with van der Waals surface area (Å²) >= 11 is 0. The second-order valence-corrected chi connectivity index (χ2v) is 3.55. The molecular weight excluding hydrogens is 166 g/mol. The molecule has 1 saturated heterocycles. The number of hydrogen-bond acceptors (Lipinski definition) is 2. The van der Waals surface area contributed by atoms with Crippen molar-refractivity contribution in [1.82, 2.24) is 4.90 Å². The largest absolute Gasteiger partial charge is 0.372 e. The van der Waals surface area contributed by atoms with E-state index in [4.69, 9.17) is 4.74 Å². The first-order valence-electron chi connectivity index (χ1n) is 4.91. The minimum atomic E-state index is -0.163. The lowest BCUT2D eigenvalue weighted by Crippen LogP contribution is -2.49. The van der Waals surface area contributed by atoms with Gasteiger partial charge in [0.1, 0.15) is 0 Å². The molecule has 1 fully saturated rings. The third-order valence-electron chi connectivity index (χ3n) is 1.87. The predicted molar refractivity (Wildman–Crippen MR) is 53.6 cm³/mol. The van der Waals surface area contributed by atoms with Gasteiger partial charge in [0.2, 0.25) is 5.91 Å². The van der Waals surface area contributed by atoms with Gasteiger partial charge in [0.15, 0.2) is 0 Å². The highest BCUT2D eigenvalue weighted by Crippen LogP contribution is 2.15. The SMILES string of the molecule is CC.CC(=O)N1CCOC(C)(C)C1. The zero-order chi connectivity index (χ0) is 10.5. The molecule has 0 aromatic heterocycles. The summed E-state index contributed by atoms with van der Waals surface area (Å²) < 4.78 is 5.45. The van der Waals surface area contributed by atoms with E-state index in [0.717, 1.165) is 6.54 Å². The van der Waals surface area contributed by atoms with E-state index in [1.807, 2.05) is 32.6 Å². The van der Waals surface area contributed by atoms with Crippen molar-refractivity contribution in [3.63, 3.8) is 0 Å². The van der Waals surface area contributed by atoms with Crippen molar-refractivity contribution < 1.29 is 9.53 Å². The number of rotatable bonds is 0. The number of carbonyl (C=O) groups is 1. The molecule has 0 spiro atoms. The van der Waals surface area contributed by atoms with Crippen LogP contribution in [0, 0.1) is 0 Å². The van der Waals surface area contributed by atoms with Crippen LogP contribution in [-0.4, -0.2) is 36.1 Å². The van der Waals surface area contributed by atoms with E-state index in [0.29, 0.717) is 13.2 Å². The number of amides is 1. The number of carbonyl (C=O) groups excluding carboxylic acids is 1. The Kier molecular flexibility index (Phi) is 4.99. The summed E-state index contributed by atoms with van der Waals surface area (Å²) in [5.74, 6) is 0.140. The minimum absolute atomic E-state index is 0.140. The summed E-state index contributed by atoms with van der Waals surface area (Å²) in [5, 5.41) is 0. The fourth-order valence-corrected chi connectivity index (χ4v) is 1.29. The normalized spacial score (nSPS) is 20.2. The van der Waals surface area contributed by atoms with Gasteiger partial charge in [-0.2, -0.15) is 0 Å². The van der Waals surface area contributed by atoms with Crippen molar-refractivity contribution in [1.29, 1.82) is 0 Å². The molecule has 0 atom stereocenters. The van der Waals surface area contributed by atoms with Crippen LogP contribution in [0.15, 0.2) is 0 Å². The summed E-state index contributed by atoms with van der Waals surface area (Å²) in [6.07, 6.45) is 0. The van der Waals surface area contributed by atoms with Gasteiger partial charge >= 0.3 is 0 Å². The highest BCUT2D eigenvalue weighted by molar-refractivity contribution is 5.73. The Morgan fingerprint density at radius 2 is 1.92 bits per heavy atom. The first-order valence-corrected chi connectivity index (χ1v) is 4.91. The van der Waals surface area contributed by atoms with Crippen molar-refractivity contribution in [2.75, 3.05) is 19.7 Å². The first-order chi connectivity index (χ1) is 6.01. The average Bonchev–Trinajstić information content (AvgIpc) is 2.06. The Hall–Kier alpha value is -0.570. The second kappa shape index (κ2) is 5.22. The number of ether oxygens (including phenoxy) is 1. The lowest BCUT2D eigenvalue weighted by atomic mass is 10.1. The molecule has 0 saturated carbocycles. The topological polar surface area (TPSA) is 29.5 Å². The van der Waals surface area contributed by atoms with Crippen LogP contribution in [0.4, 0.5) is 0 Å². The van der Waals surface area contributed by atoms with Gasteiger partial charge in [0, 0.05) is 20.0 Å². The molecule has 1 aliphatic rings. The molecule has 78 valence electrons. The molecule has 13 heavy (non-hydrogen) atoms. The maximum absolute atomic E-state index is 11.0. The third-order valence-corrected chi connectivity index (χ3v) is 1.87. The molecule has 0 N–H and O–H groups in total. The van der Waals surface area contributed by atoms with Crippen LogP contribution in [-0.2, 0) is 9.53 Å². The molecule has 1 amide bonds. The smallest absolute Gasteiger partial charge is 0.219 e. The lowest BCUT2D eigenvalue weighted by Gasteiger charge is -2.37. The maximum Gasteiger partial charge on any atom is 0.219 e. The molecule has 0 aliphatic carbocycles. The molecule has 0 aromatic rings. The van der Waals surface area contributed by atoms with Gasteiger partial charge in [-0.05, 0) is 13.8 Å². The number of morpholine rings is 1. The quantitative estimate of drug-likeness (QED) is 0.577. The third kappa shape index (κ3) is 4.27.